The third-order valence-corrected chi connectivity index (χ3v) is 9.51. The topological polar surface area (TPSA) is 100 Å². The molecule has 1 aromatic carbocycles. The summed E-state index contributed by atoms with van der Waals surface area (Å²) < 4.78 is 12.1. The molecule has 3 aromatic rings. The first-order chi connectivity index (χ1) is 21.1. The summed E-state index contributed by atoms with van der Waals surface area (Å²) in [5, 5.41) is 1.20. The van der Waals surface area contributed by atoms with Gasteiger partial charge in [-0.05, 0) is 90.2 Å². The summed E-state index contributed by atoms with van der Waals surface area (Å²) in [7, 11) is 2.15. The number of nitrogens with zero attached hydrogens (tertiary/aromatic N) is 8. The maximum absolute atomic E-state index is 13.1. The second-order valence-corrected chi connectivity index (χ2v) is 13.9. The van der Waals surface area contributed by atoms with Crippen LogP contribution >= 0.6 is 11.6 Å². The molecule has 7 rings (SSSR count). The smallest absolute Gasteiger partial charge is 0.410 e. The van der Waals surface area contributed by atoms with Crippen molar-refractivity contribution in [3.63, 3.8) is 0 Å². The van der Waals surface area contributed by atoms with Gasteiger partial charge in [-0.3, -0.25) is 4.90 Å². The number of halogens is 1. The molecule has 0 saturated carbocycles. The van der Waals surface area contributed by atoms with Crippen molar-refractivity contribution < 1.29 is 14.3 Å². The van der Waals surface area contributed by atoms with Crippen LogP contribution in [0.3, 0.4) is 0 Å². The number of carbonyl (C=O) groups is 1. The van der Waals surface area contributed by atoms with Gasteiger partial charge < -0.3 is 24.2 Å². The third-order valence-electron chi connectivity index (χ3n) is 9.34. The maximum atomic E-state index is 13.1. The SMILES string of the molecule is CN1CCC[C@H]1COc1nc2c(c(N3CC4CCC(C3)N4C(=O)OC(C)(C)C)n1)CCN(c1nc(Cl)nc3ccccc13)C2. The molecule has 1 amide bonds. The molecule has 0 spiro atoms. The van der Waals surface area contributed by atoms with E-state index in [1.165, 1.54) is 6.42 Å². The summed E-state index contributed by atoms with van der Waals surface area (Å²) in [6.07, 6.45) is 4.75. The van der Waals surface area contributed by atoms with E-state index in [2.05, 4.69) is 31.7 Å². The standard InChI is InChI=1S/C32H41ClN8O3/c1-32(2,3)44-31(42)41-20-11-12-21(41)17-40(16-20)28-24-13-15-39(27-23-9-5-6-10-25(23)34-29(33)36-27)18-26(24)35-30(37-28)43-19-22-8-7-14-38(22)4/h5-6,9-10,20-22H,7-8,11-19H2,1-4H3/t20?,21?,22-/m0/s1. The molecule has 11 nitrogen and oxygen atoms in total. The summed E-state index contributed by atoms with van der Waals surface area (Å²) in [6, 6.07) is 8.89. The molecule has 0 N–H and O–H groups in total. The Bertz CT molecular complexity index is 1550. The van der Waals surface area contributed by atoms with Gasteiger partial charge in [0.2, 0.25) is 5.28 Å². The first kappa shape index (κ1) is 29.3. The highest BCUT2D eigenvalue weighted by molar-refractivity contribution is 6.28. The molecule has 44 heavy (non-hydrogen) atoms. The predicted molar refractivity (Wildman–Crippen MR) is 170 cm³/mol. The number of likely N-dealkylation sites (N-methyl/N-ethyl adjacent to an activating group) is 1. The van der Waals surface area contributed by atoms with E-state index in [9.17, 15) is 4.79 Å². The lowest BCUT2D eigenvalue weighted by Crippen LogP contribution is -2.57. The number of amides is 1. The van der Waals surface area contributed by atoms with Crippen LogP contribution in [0.2, 0.25) is 5.28 Å². The molecule has 2 unspecified atom stereocenters. The Morgan fingerprint density at radius 2 is 1.75 bits per heavy atom. The molecule has 3 saturated heterocycles. The van der Waals surface area contributed by atoms with Gasteiger partial charge >= 0.3 is 12.1 Å². The number of anilines is 2. The van der Waals surface area contributed by atoms with Crippen LogP contribution in [0.4, 0.5) is 16.4 Å². The number of benzene rings is 1. The van der Waals surface area contributed by atoms with E-state index in [4.69, 9.17) is 31.0 Å². The highest BCUT2D eigenvalue weighted by Crippen LogP contribution is 2.38. The van der Waals surface area contributed by atoms with Gasteiger partial charge in [0.25, 0.3) is 0 Å². The number of likely N-dealkylation sites (tertiary alicyclic amines) is 1. The number of rotatable bonds is 5. The second kappa shape index (κ2) is 11.5. The molecular formula is C32H41ClN8O3. The van der Waals surface area contributed by atoms with E-state index in [0.29, 0.717) is 38.3 Å². The first-order valence-corrected chi connectivity index (χ1v) is 16.2. The van der Waals surface area contributed by atoms with Crippen molar-refractivity contribution in [2.24, 2.45) is 0 Å². The summed E-state index contributed by atoms with van der Waals surface area (Å²) in [5.74, 6) is 1.74. The quantitative estimate of drug-likeness (QED) is 0.373. The van der Waals surface area contributed by atoms with Crippen LogP contribution in [-0.2, 0) is 17.7 Å². The molecule has 0 aliphatic carbocycles. The summed E-state index contributed by atoms with van der Waals surface area (Å²) in [6.45, 7) is 10.1. The van der Waals surface area contributed by atoms with Gasteiger partial charge in [-0.25, -0.2) is 9.78 Å². The van der Waals surface area contributed by atoms with Crippen LogP contribution < -0.4 is 14.5 Å². The second-order valence-electron chi connectivity index (χ2n) is 13.5. The van der Waals surface area contributed by atoms with Crippen molar-refractivity contribution >= 4 is 40.2 Å². The van der Waals surface area contributed by atoms with Crippen molar-refractivity contribution in [3.05, 3.63) is 40.8 Å². The lowest BCUT2D eigenvalue weighted by atomic mass is 10.0. The minimum atomic E-state index is -0.524. The third kappa shape index (κ3) is 5.72. The van der Waals surface area contributed by atoms with Gasteiger partial charge in [0, 0.05) is 36.6 Å². The predicted octanol–water partition coefficient (Wildman–Crippen LogP) is 4.70. The number of ether oxygens (including phenoxy) is 2. The molecule has 12 heteroatoms. The van der Waals surface area contributed by atoms with Gasteiger partial charge in [-0.1, -0.05) is 12.1 Å². The van der Waals surface area contributed by atoms with Crippen molar-refractivity contribution in [3.8, 4) is 6.01 Å². The molecule has 6 heterocycles. The summed E-state index contributed by atoms with van der Waals surface area (Å²) in [5.41, 5.74) is 2.38. The van der Waals surface area contributed by atoms with Crippen LogP contribution in [0.15, 0.2) is 24.3 Å². The molecule has 0 radical (unpaired) electrons. The molecule has 4 aliphatic heterocycles. The summed E-state index contributed by atoms with van der Waals surface area (Å²) >= 11 is 6.37. The first-order valence-electron chi connectivity index (χ1n) is 15.8. The van der Waals surface area contributed by atoms with Crippen LogP contribution in [0.1, 0.15) is 57.7 Å². The number of piperazine rings is 1. The Kier molecular flexibility index (Phi) is 7.64. The average Bonchev–Trinajstić information content (AvgIpc) is 3.52. The average molecular weight is 621 g/mol. The molecule has 2 aromatic heterocycles. The molecule has 4 aliphatic rings. The lowest BCUT2D eigenvalue weighted by Gasteiger charge is -2.43. The lowest BCUT2D eigenvalue weighted by molar-refractivity contribution is 0.0122. The molecule has 3 fully saturated rings. The van der Waals surface area contributed by atoms with E-state index < -0.39 is 5.60 Å². The molecule has 234 valence electrons. The molecular weight excluding hydrogens is 580 g/mol. The van der Waals surface area contributed by atoms with E-state index in [-0.39, 0.29) is 23.5 Å². The van der Waals surface area contributed by atoms with Crippen molar-refractivity contribution in [2.45, 2.75) is 83.1 Å². The fourth-order valence-corrected chi connectivity index (χ4v) is 7.39. The highest BCUT2D eigenvalue weighted by atomic mass is 35.5. The Balaban J connectivity index is 1.19. The van der Waals surface area contributed by atoms with Crippen LogP contribution in [0, 0.1) is 0 Å². The fourth-order valence-electron chi connectivity index (χ4n) is 7.22. The van der Waals surface area contributed by atoms with E-state index >= 15 is 0 Å². The zero-order valence-corrected chi connectivity index (χ0v) is 26.8. The van der Waals surface area contributed by atoms with Gasteiger partial charge in [0.1, 0.15) is 23.8 Å². The molecule has 3 atom stereocenters. The highest BCUT2D eigenvalue weighted by Gasteiger charge is 2.45. The van der Waals surface area contributed by atoms with Crippen LogP contribution in [-0.4, -0.2) is 99.4 Å². The minimum Gasteiger partial charge on any atom is -0.462 e. The van der Waals surface area contributed by atoms with E-state index in [0.717, 1.165) is 72.6 Å². The van der Waals surface area contributed by atoms with E-state index in [1.54, 1.807) is 0 Å². The Morgan fingerprint density at radius 1 is 0.977 bits per heavy atom. The Labute approximate surface area is 263 Å². The summed E-state index contributed by atoms with van der Waals surface area (Å²) in [4.78, 5) is 41.2. The van der Waals surface area contributed by atoms with Gasteiger partial charge in [0.15, 0.2) is 0 Å². The van der Waals surface area contributed by atoms with Crippen molar-refractivity contribution in [1.29, 1.82) is 0 Å². The zero-order valence-electron chi connectivity index (χ0n) is 26.0. The number of aromatic nitrogens is 4. The number of para-hydroxylation sites is 1. The van der Waals surface area contributed by atoms with Crippen LogP contribution in [0.5, 0.6) is 6.01 Å². The number of hydrogen-bond acceptors (Lipinski definition) is 10. The van der Waals surface area contributed by atoms with Gasteiger partial charge in [-0.2, -0.15) is 15.0 Å². The maximum Gasteiger partial charge on any atom is 0.410 e. The van der Waals surface area contributed by atoms with Crippen molar-refractivity contribution in [2.75, 3.05) is 49.6 Å². The van der Waals surface area contributed by atoms with E-state index in [1.807, 2.05) is 49.9 Å². The van der Waals surface area contributed by atoms with Crippen molar-refractivity contribution in [1.82, 2.24) is 29.7 Å². The number of fused-ring (bicyclic) bond motifs is 4. The monoisotopic (exact) mass is 620 g/mol. The Hall–Kier alpha value is -3.44. The zero-order chi connectivity index (χ0) is 30.6. The largest absolute Gasteiger partial charge is 0.462 e. The van der Waals surface area contributed by atoms with Crippen LogP contribution in [0.25, 0.3) is 10.9 Å². The number of hydrogen-bond donors (Lipinski definition) is 0. The normalized spacial score (nSPS) is 23.8. The Morgan fingerprint density at radius 3 is 2.48 bits per heavy atom. The van der Waals surface area contributed by atoms with Gasteiger partial charge in [-0.15, -0.1) is 0 Å². The number of carbonyl (C=O) groups excluding carboxylic acids is 1. The fraction of sp³-hybridized carbons (Fsp3) is 0.594. The van der Waals surface area contributed by atoms with Gasteiger partial charge in [0.05, 0.1) is 29.8 Å². The molecule has 2 bridgehead atoms. The minimum absolute atomic E-state index is 0.0836.